The molecular weight excluding hydrogens is 278 g/mol. The second kappa shape index (κ2) is 7.79. The highest BCUT2D eigenvalue weighted by molar-refractivity contribution is 6.30. The first-order chi connectivity index (χ1) is 9.74. The number of hydrogen-bond donors (Lipinski definition) is 2. The van der Waals surface area contributed by atoms with Gasteiger partial charge in [0.1, 0.15) is 18.5 Å². The largest absolute Gasteiger partial charge is 0.491 e. The molecule has 0 spiro atoms. The van der Waals surface area contributed by atoms with Crippen molar-refractivity contribution in [3.63, 3.8) is 0 Å². The number of aliphatic hydroxyl groups is 1. The zero-order chi connectivity index (χ0) is 14.2. The van der Waals surface area contributed by atoms with E-state index in [1.807, 2.05) is 12.1 Å². The molecule has 0 saturated carbocycles. The number of aromatic nitrogens is 2. The van der Waals surface area contributed by atoms with Crippen molar-refractivity contribution in [1.29, 1.82) is 0 Å². The number of halogens is 1. The lowest BCUT2D eigenvalue weighted by Crippen LogP contribution is -2.31. The molecule has 1 atom stereocenters. The molecule has 0 saturated heterocycles. The Balaban J connectivity index is 1.65. The van der Waals surface area contributed by atoms with Crippen LogP contribution in [0, 0.1) is 0 Å². The van der Waals surface area contributed by atoms with Crippen LogP contribution in [0.25, 0.3) is 0 Å². The molecule has 5 nitrogen and oxygen atoms in total. The number of nitrogens with one attached hydrogen (secondary N) is 1. The molecule has 1 aromatic heterocycles. The van der Waals surface area contributed by atoms with Crippen molar-refractivity contribution in [2.24, 2.45) is 0 Å². The van der Waals surface area contributed by atoms with Gasteiger partial charge in [0.15, 0.2) is 0 Å². The van der Waals surface area contributed by atoms with E-state index >= 15 is 0 Å². The van der Waals surface area contributed by atoms with Crippen LogP contribution < -0.4 is 10.1 Å². The topological polar surface area (TPSA) is 67.3 Å². The van der Waals surface area contributed by atoms with Crippen LogP contribution >= 0.6 is 11.6 Å². The zero-order valence-electron chi connectivity index (χ0n) is 10.9. The molecule has 0 bridgehead atoms. The fourth-order valence-electron chi connectivity index (χ4n) is 1.58. The lowest BCUT2D eigenvalue weighted by molar-refractivity contribution is 0.106. The minimum Gasteiger partial charge on any atom is -0.491 e. The van der Waals surface area contributed by atoms with Crippen LogP contribution in [0.5, 0.6) is 5.75 Å². The van der Waals surface area contributed by atoms with Gasteiger partial charge in [0.05, 0.1) is 5.69 Å². The Kier molecular flexibility index (Phi) is 5.73. The summed E-state index contributed by atoms with van der Waals surface area (Å²) >= 11 is 5.78. The standard InChI is InChI=1S/C14H16ClN3O2/c15-11-3-5-14(6-4-11)20-10-13(19)9-16-8-12-2-1-7-17-18-12/h1-7,13,16,19H,8-10H2. The van der Waals surface area contributed by atoms with E-state index in [0.29, 0.717) is 23.9 Å². The number of rotatable bonds is 7. The average Bonchev–Trinajstić information content (AvgIpc) is 2.48. The minimum absolute atomic E-state index is 0.217. The summed E-state index contributed by atoms with van der Waals surface area (Å²) in [6.07, 6.45) is 1.03. The van der Waals surface area contributed by atoms with Crippen LogP contribution in [-0.4, -0.2) is 34.6 Å². The highest BCUT2D eigenvalue weighted by atomic mass is 35.5. The van der Waals surface area contributed by atoms with Crippen LogP contribution in [0.15, 0.2) is 42.6 Å². The van der Waals surface area contributed by atoms with E-state index in [4.69, 9.17) is 16.3 Å². The van der Waals surface area contributed by atoms with E-state index in [1.165, 1.54) is 0 Å². The van der Waals surface area contributed by atoms with Gasteiger partial charge in [0.25, 0.3) is 0 Å². The highest BCUT2D eigenvalue weighted by Gasteiger charge is 2.05. The number of benzene rings is 1. The Bertz CT molecular complexity index is 508. The van der Waals surface area contributed by atoms with Crippen LogP contribution in [0.3, 0.4) is 0 Å². The predicted octanol–water partition coefficient (Wildman–Crippen LogP) is 1.66. The predicted molar refractivity (Wildman–Crippen MR) is 76.7 cm³/mol. The second-order valence-electron chi connectivity index (χ2n) is 4.26. The molecule has 0 radical (unpaired) electrons. The van der Waals surface area contributed by atoms with Crippen molar-refractivity contribution in [2.75, 3.05) is 13.2 Å². The van der Waals surface area contributed by atoms with Gasteiger partial charge in [-0.15, -0.1) is 0 Å². The summed E-state index contributed by atoms with van der Waals surface area (Å²) in [5, 5.41) is 21.3. The maximum Gasteiger partial charge on any atom is 0.119 e. The molecule has 106 valence electrons. The van der Waals surface area contributed by atoms with Crippen LogP contribution in [0.4, 0.5) is 0 Å². The Hall–Kier alpha value is -1.69. The van der Waals surface area contributed by atoms with E-state index in [-0.39, 0.29) is 6.61 Å². The molecule has 0 aliphatic rings. The SMILES string of the molecule is OC(CNCc1cccnn1)COc1ccc(Cl)cc1. The van der Waals surface area contributed by atoms with Gasteiger partial charge in [-0.1, -0.05) is 11.6 Å². The second-order valence-corrected chi connectivity index (χ2v) is 4.70. The summed E-state index contributed by atoms with van der Waals surface area (Å²) in [4.78, 5) is 0. The molecule has 2 rings (SSSR count). The van der Waals surface area contributed by atoms with Crippen LogP contribution in [0.1, 0.15) is 5.69 Å². The van der Waals surface area contributed by atoms with E-state index in [2.05, 4.69) is 15.5 Å². The maximum absolute atomic E-state index is 9.79. The van der Waals surface area contributed by atoms with Gasteiger partial charge in [-0.05, 0) is 36.4 Å². The lowest BCUT2D eigenvalue weighted by Gasteiger charge is -2.13. The van der Waals surface area contributed by atoms with Crippen molar-refractivity contribution < 1.29 is 9.84 Å². The Morgan fingerprint density at radius 2 is 2.05 bits per heavy atom. The molecule has 0 fully saturated rings. The molecule has 2 aromatic rings. The first-order valence-corrected chi connectivity index (χ1v) is 6.65. The normalized spacial score (nSPS) is 12.1. The Morgan fingerprint density at radius 1 is 1.25 bits per heavy atom. The Morgan fingerprint density at radius 3 is 2.75 bits per heavy atom. The zero-order valence-corrected chi connectivity index (χ0v) is 11.6. The van der Waals surface area contributed by atoms with E-state index < -0.39 is 6.10 Å². The summed E-state index contributed by atoms with van der Waals surface area (Å²) in [6.45, 7) is 1.20. The minimum atomic E-state index is -0.595. The van der Waals surface area contributed by atoms with Gasteiger partial charge in [0.2, 0.25) is 0 Å². The molecule has 6 heteroatoms. The monoisotopic (exact) mass is 293 g/mol. The molecule has 2 N–H and O–H groups in total. The Labute approximate surface area is 122 Å². The average molecular weight is 294 g/mol. The summed E-state index contributed by atoms with van der Waals surface area (Å²) in [7, 11) is 0. The molecule has 0 amide bonds. The van der Waals surface area contributed by atoms with Crippen molar-refractivity contribution in [1.82, 2.24) is 15.5 Å². The number of hydrogen-bond acceptors (Lipinski definition) is 5. The van der Waals surface area contributed by atoms with E-state index in [9.17, 15) is 5.11 Å². The summed E-state index contributed by atoms with van der Waals surface area (Å²) in [5.41, 5.74) is 0.832. The number of aliphatic hydroxyl groups excluding tert-OH is 1. The molecule has 1 unspecified atom stereocenters. The van der Waals surface area contributed by atoms with Crippen molar-refractivity contribution in [3.8, 4) is 5.75 Å². The van der Waals surface area contributed by atoms with Crippen LogP contribution in [0.2, 0.25) is 5.02 Å². The molecule has 1 heterocycles. The third kappa shape index (κ3) is 5.13. The molecule has 0 aliphatic heterocycles. The molecule has 20 heavy (non-hydrogen) atoms. The molecule has 0 aliphatic carbocycles. The number of nitrogens with zero attached hydrogens (tertiary/aromatic N) is 2. The summed E-state index contributed by atoms with van der Waals surface area (Å²) in [5.74, 6) is 0.683. The quantitative estimate of drug-likeness (QED) is 0.813. The van der Waals surface area contributed by atoms with Crippen molar-refractivity contribution >= 4 is 11.6 Å². The number of ether oxygens (including phenoxy) is 1. The first-order valence-electron chi connectivity index (χ1n) is 6.28. The van der Waals surface area contributed by atoms with Gasteiger partial charge < -0.3 is 15.2 Å². The van der Waals surface area contributed by atoms with E-state index in [1.54, 1.807) is 30.5 Å². The van der Waals surface area contributed by atoms with Gasteiger partial charge in [-0.3, -0.25) is 0 Å². The van der Waals surface area contributed by atoms with Gasteiger partial charge in [-0.25, -0.2) is 0 Å². The summed E-state index contributed by atoms with van der Waals surface area (Å²) < 4.78 is 5.45. The van der Waals surface area contributed by atoms with Crippen molar-refractivity contribution in [3.05, 3.63) is 53.3 Å². The van der Waals surface area contributed by atoms with Gasteiger partial charge in [0, 0.05) is 24.3 Å². The first kappa shape index (κ1) is 14.7. The fourth-order valence-corrected chi connectivity index (χ4v) is 1.70. The fraction of sp³-hybridized carbons (Fsp3) is 0.286. The highest BCUT2D eigenvalue weighted by Crippen LogP contribution is 2.15. The lowest BCUT2D eigenvalue weighted by atomic mass is 10.3. The summed E-state index contributed by atoms with van der Waals surface area (Å²) in [6, 6.07) is 10.7. The molecule has 1 aromatic carbocycles. The van der Waals surface area contributed by atoms with Gasteiger partial charge in [-0.2, -0.15) is 10.2 Å². The van der Waals surface area contributed by atoms with E-state index in [0.717, 1.165) is 5.69 Å². The van der Waals surface area contributed by atoms with Crippen LogP contribution in [-0.2, 0) is 6.54 Å². The maximum atomic E-state index is 9.79. The smallest absolute Gasteiger partial charge is 0.119 e. The third-order valence-electron chi connectivity index (χ3n) is 2.57. The van der Waals surface area contributed by atoms with Gasteiger partial charge >= 0.3 is 0 Å². The van der Waals surface area contributed by atoms with Crippen molar-refractivity contribution in [2.45, 2.75) is 12.6 Å². The third-order valence-corrected chi connectivity index (χ3v) is 2.82. The molecular formula is C14H16ClN3O2.